The molecule has 1 aliphatic carbocycles. The summed E-state index contributed by atoms with van der Waals surface area (Å²) in [5, 5.41) is 3.51. The fraction of sp³-hybridized carbons (Fsp3) is 1.00. The first-order chi connectivity index (χ1) is 5.02. The molecule has 0 aromatic carbocycles. The molecule has 11 heavy (non-hydrogen) atoms. The molecule has 0 aromatic heterocycles. The van der Waals surface area contributed by atoms with E-state index in [0.29, 0.717) is 11.5 Å². The van der Waals surface area contributed by atoms with Crippen LogP contribution in [0.3, 0.4) is 0 Å². The number of rotatable bonds is 4. The molecule has 0 radical (unpaired) electrons. The Balaban J connectivity index is 2.22. The first-order valence-electron chi connectivity index (χ1n) is 4.76. The van der Waals surface area contributed by atoms with E-state index in [4.69, 9.17) is 0 Å². The van der Waals surface area contributed by atoms with Crippen LogP contribution in [-0.4, -0.2) is 12.6 Å². The van der Waals surface area contributed by atoms with Crippen molar-refractivity contribution < 1.29 is 0 Å². The molecule has 0 amide bonds. The van der Waals surface area contributed by atoms with Gasteiger partial charge in [-0.3, -0.25) is 0 Å². The Kier molecular flexibility index (Phi) is 2.58. The topological polar surface area (TPSA) is 12.0 Å². The summed E-state index contributed by atoms with van der Waals surface area (Å²) < 4.78 is 0. The van der Waals surface area contributed by atoms with E-state index in [1.54, 1.807) is 0 Å². The third kappa shape index (κ3) is 2.82. The highest BCUT2D eigenvalue weighted by Gasteiger charge is 2.37. The molecule has 0 spiro atoms. The second-order valence-corrected chi connectivity index (χ2v) is 4.80. The van der Waals surface area contributed by atoms with Gasteiger partial charge in [-0.15, -0.1) is 0 Å². The van der Waals surface area contributed by atoms with Gasteiger partial charge in [-0.1, -0.05) is 27.7 Å². The SMILES string of the molecule is CC(C)NCC(C)(C)C1CC1. The molecule has 0 aliphatic heterocycles. The molecule has 1 fully saturated rings. The van der Waals surface area contributed by atoms with Gasteiger partial charge in [0.2, 0.25) is 0 Å². The summed E-state index contributed by atoms with van der Waals surface area (Å²) in [5.41, 5.74) is 0.532. The van der Waals surface area contributed by atoms with Gasteiger partial charge >= 0.3 is 0 Å². The van der Waals surface area contributed by atoms with Crippen LogP contribution in [0.15, 0.2) is 0 Å². The Morgan fingerprint density at radius 3 is 2.27 bits per heavy atom. The Morgan fingerprint density at radius 1 is 1.36 bits per heavy atom. The Morgan fingerprint density at radius 2 is 1.91 bits per heavy atom. The fourth-order valence-electron chi connectivity index (χ4n) is 1.48. The van der Waals surface area contributed by atoms with Gasteiger partial charge in [0.15, 0.2) is 0 Å². The van der Waals surface area contributed by atoms with Crippen molar-refractivity contribution in [1.82, 2.24) is 5.32 Å². The molecule has 1 nitrogen and oxygen atoms in total. The van der Waals surface area contributed by atoms with E-state index in [2.05, 4.69) is 33.0 Å². The minimum atomic E-state index is 0.532. The average Bonchev–Trinajstić information content (AvgIpc) is 2.64. The van der Waals surface area contributed by atoms with E-state index in [9.17, 15) is 0 Å². The maximum Gasteiger partial charge on any atom is 0.00106 e. The maximum absolute atomic E-state index is 3.51. The summed E-state index contributed by atoms with van der Waals surface area (Å²) in [5.74, 6) is 0.994. The van der Waals surface area contributed by atoms with E-state index < -0.39 is 0 Å². The number of nitrogens with one attached hydrogen (secondary N) is 1. The van der Waals surface area contributed by atoms with Crippen molar-refractivity contribution in [1.29, 1.82) is 0 Å². The zero-order valence-corrected chi connectivity index (χ0v) is 8.28. The van der Waals surface area contributed by atoms with Gasteiger partial charge in [-0.25, -0.2) is 0 Å². The average molecular weight is 155 g/mol. The molecule has 0 heterocycles. The van der Waals surface area contributed by atoms with Crippen LogP contribution >= 0.6 is 0 Å². The summed E-state index contributed by atoms with van der Waals surface area (Å²) in [6, 6.07) is 0.632. The van der Waals surface area contributed by atoms with Crippen LogP contribution in [0, 0.1) is 11.3 Å². The van der Waals surface area contributed by atoms with Crippen LogP contribution in [0.2, 0.25) is 0 Å². The standard InChI is InChI=1S/C10H21N/c1-8(2)11-7-10(3,4)9-5-6-9/h8-9,11H,5-7H2,1-4H3. The number of hydrogen-bond acceptors (Lipinski definition) is 1. The second kappa shape index (κ2) is 3.14. The van der Waals surface area contributed by atoms with Gasteiger partial charge < -0.3 is 5.32 Å². The number of hydrogen-bond donors (Lipinski definition) is 1. The van der Waals surface area contributed by atoms with Crippen LogP contribution in [0.1, 0.15) is 40.5 Å². The van der Waals surface area contributed by atoms with E-state index in [1.165, 1.54) is 19.4 Å². The van der Waals surface area contributed by atoms with E-state index in [1.807, 2.05) is 0 Å². The summed E-state index contributed by atoms with van der Waals surface area (Å²) in [6.45, 7) is 10.3. The monoisotopic (exact) mass is 155 g/mol. The normalized spacial score (nSPS) is 19.4. The van der Waals surface area contributed by atoms with Crippen molar-refractivity contribution >= 4 is 0 Å². The zero-order chi connectivity index (χ0) is 8.48. The molecule has 66 valence electrons. The third-order valence-corrected chi connectivity index (χ3v) is 2.65. The third-order valence-electron chi connectivity index (χ3n) is 2.65. The van der Waals surface area contributed by atoms with Crippen molar-refractivity contribution in [3.05, 3.63) is 0 Å². The highest BCUT2D eigenvalue weighted by Crippen LogP contribution is 2.44. The lowest BCUT2D eigenvalue weighted by atomic mass is 9.87. The molecule has 1 saturated carbocycles. The molecule has 1 rings (SSSR count). The lowest BCUT2D eigenvalue weighted by Gasteiger charge is -2.26. The maximum atomic E-state index is 3.51. The van der Waals surface area contributed by atoms with Crippen molar-refractivity contribution in [2.45, 2.75) is 46.6 Å². The molecule has 0 atom stereocenters. The van der Waals surface area contributed by atoms with Crippen molar-refractivity contribution in [3.8, 4) is 0 Å². The molecule has 0 bridgehead atoms. The van der Waals surface area contributed by atoms with Crippen molar-refractivity contribution in [3.63, 3.8) is 0 Å². The lowest BCUT2D eigenvalue weighted by molar-refractivity contribution is 0.282. The van der Waals surface area contributed by atoms with Crippen LogP contribution in [0.4, 0.5) is 0 Å². The molecule has 0 aromatic rings. The molecular formula is C10H21N. The van der Waals surface area contributed by atoms with Gasteiger partial charge in [0.05, 0.1) is 0 Å². The fourth-order valence-corrected chi connectivity index (χ4v) is 1.48. The van der Waals surface area contributed by atoms with Gasteiger partial charge in [-0.2, -0.15) is 0 Å². The molecule has 1 aliphatic rings. The molecular weight excluding hydrogens is 134 g/mol. The van der Waals surface area contributed by atoms with E-state index in [-0.39, 0.29) is 0 Å². The molecule has 1 heteroatoms. The van der Waals surface area contributed by atoms with Crippen LogP contribution in [-0.2, 0) is 0 Å². The summed E-state index contributed by atoms with van der Waals surface area (Å²) in [6.07, 6.45) is 2.90. The van der Waals surface area contributed by atoms with E-state index >= 15 is 0 Å². The van der Waals surface area contributed by atoms with Crippen LogP contribution in [0.5, 0.6) is 0 Å². The van der Waals surface area contributed by atoms with Gasteiger partial charge in [0.1, 0.15) is 0 Å². The van der Waals surface area contributed by atoms with Crippen LogP contribution < -0.4 is 5.32 Å². The van der Waals surface area contributed by atoms with Crippen molar-refractivity contribution in [2.75, 3.05) is 6.54 Å². The Labute approximate surface area is 70.6 Å². The molecule has 1 N–H and O–H groups in total. The Bertz CT molecular complexity index is 123. The van der Waals surface area contributed by atoms with Crippen molar-refractivity contribution in [2.24, 2.45) is 11.3 Å². The minimum Gasteiger partial charge on any atom is -0.314 e. The second-order valence-electron chi connectivity index (χ2n) is 4.80. The highest BCUT2D eigenvalue weighted by molar-refractivity contribution is 4.89. The van der Waals surface area contributed by atoms with Gasteiger partial charge in [0, 0.05) is 12.6 Å². The Hall–Kier alpha value is -0.0400. The largest absolute Gasteiger partial charge is 0.314 e. The first kappa shape index (κ1) is 9.05. The minimum absolute atomic E-state index is 0.532. The smallest absolute Gasteiger partial charge is 0.00106 e. The van der Waals surface area contributed by atoms with Gasteiger partial charge in [0.25, 0.3) is 0 Å². The molecule has 0 saturated heterocycles. The lowest BCUT2D eigenvalue weighted by Crippen LogP contribution is -2.35. The highest BCUT2D eigenvalue weighted by atomic mass is 14.9. The summed E-state index contributed by atoms with van der Waals surface area (Å²) >= 11 is 0. The summed E-state index contributed by atoms with van der Waals surface area (Å²) in [4.78, 5) is 0. The molecule has 0 unspecified atom stereocenters. The van der Waals surface area contributed by atoms with E-state index in [0.717, 1.165) is 5.92 Å². The predicted octanol–water partition coefficient (Wildman–Crippen LogP) is 2.42. The quantitative estimate of drug-likeness (QED) is 0.657. The first-order valence-corrected chi connectivity index (χ1v) is 4.76. The summed E-state index contributed by atoms with van der Waals surface area (Å²) in [7, 11) is 0. The predicted molar refractivity (Wildman–Crippen MR) is 49.6 cm³/mol. The van der Waals surface area contributed by atoms with Crippen LogP contribution in [0.25, 0.3) is 0 Å². The van der Waals surface area contributed by atoms with Gasteiger partial charge in [-0.05, 0) is 24.2 Å². The zero-order valence-electron chi connectivity index (χ0n) is 8.28.